The minimum atomic E-state index is -0.0935. The van der Waals surface area contributed by atoms with Gasteiger partial charge in [-0.15, -0.1) is 0 Å². The van der Waals surface area contributed by atoms with Crippen molar-refractivity contribution in [2.24, 2.45) is 9.98 Å². The summed E-state index contributed by atoms with van der Waals surface area (Å²) in [7, 11) is 0. The fourth-order valence-corrected chi connectivity index (χ4v) is 2.01. The predicted molar refractivity (Wildman–Crippen MR) is 57.3 cm³/mol. The van der Waals surface area contributed by atoms with Gasteiger partial charge in [0.1, 0.15) is 12.1 Å². The largest absolute Gasteiger partial charge is 0.295 e. The summed E-state index contributed by atoms with van der Waals surface area (Å²) in [5.74, 6) is 0.233. The molecule has 0 bridgehead atoms. The summed E-state index contributed by atoms with van der Waals surface area (Å²) in [5.41, 5.74) is 0. The van der Waals surface area contributed by atoms with Gasteiger partial charge in [0, 0.05) is 0 Å². The molecule has 0 aromatic heterocycles. The molecule has 2 aliphatic rings. The molecule has 2 atom stereocenters. The molecule has 2 aliphatic heterocycles. The monoisotopic (exact) mass is 192 g/mol. The maximum absolute atomic E-state index is 11.9. The van der Waals surface area contributed by atoms with E-state index in [9.17, 15) is 4.79 Å². The van der Waals surface area contributed by atoms with Crippen LogP contribution in [0.4, 0.5) is 0 Å². The average Bonchev–Trinajstić information content (AvgIpc) is 2.30. The van der Waals surface area contributed by atoms with Crippen molar-refractivity contribution in [1.29, 1.82) is 0 Å². The molecule has 0 saturated heterocycles. The lowest BCUT2D eigenvalue weighted by molar-refractivity contribution is -0.121. The van der Waals surface area contributed by atoms with Crippen molar-refractivity contribution in [2.75, 3.05) is 0 Å². The van der Waals surface area contributed by atoms with Crippen LogP contribution in [-0.2, 0) is 4.79 Å². The summed E-state index contributed by atoms with van der Waals surface area (Å²) in [4.78, 5) is 20.4. The van der Waals surface area contributed by atoms with E-state index in [1.807, 2.05) is 12.4 Å². The average molecular weight is 192 g/mol. The number of Topliss-reactive ketones (excluding diaryl/α,β-unsaturated/α-hetero) is 1. The van der Waals surface area contributed by atoms with Crippen LogP contribution in [0, 0.1) is 0 Å². The molecule has 3 nitrogen and oxygen atoms in total. The van der Waals surface area contributed by atoms with Crippen molar-refractivity contribution in [3.63, 3.8) is 0 Å². The molecular weight excluding hydrogens is 176 g/mol. The number of carbonyl (C=O) groups is 1. The summed E-state index contributed by atoms with van der Waals surface area (Å²) in [6.07, 6.45) is 9.85. The van der Waals surface area contributed by atoms with Crippen LogP contribution in [0.3, 0.4) is 0 Å². The van der Waals surface area contributed by atoms with E-state index in [0.717, 1.165) is 38.5 Å². The van der Waals surface area contributed by atoms with Crippen molar-refractivity contribution < 1.29 is 4.79 Å². The second kappa shape index (κ2) is 4.49. The molecule has 14 heavy (non-hydrogen) atoms. The first-order valence-corrected chi connectivity index (χ1v) is 5.45. The SMILES string of the molecule is O=C(C1CCCC=N1)C1CCCC=N1. The highest BCUT2D eigenvalue weighted by Crippen LogP contribution is 2.18. The first kappa shape index (κ1) is 9.56. The molecule has 0 radical (unpaired) electrons. The zero-order chi connectivity index (χ0) is 9.80. The normalized spacial score (nSPS) is 31.7. The minimum Gasteiger partial charge on any atom is -0.295 e. The molecule has 2 unspecified atom stereocenters. The molecule has 0 amide bonds. The third-order valence-corrected chi connectivity index (χ3v) is 2.85. The highest BCUT2D eigenvalue weighted by Gasteiger charge is 2.26. The first-order valence-electron chi connectivity index (χ1n) is 5.45. The second-order valence-electron chi connectivity index (χ2n) is 3.96. The van der Waals surface area contributed by atoms with E-state index in [1.165, 1.54) is 0 Å². The minimum absolute atomic E-state index is 0.0935. The van der Waals surface area contributed by atoms with Crippen LogP contribution in [0.15, 0.2) is 9.98 Å². The van der Waals surface area contributed by atoms with E-state index in [-0.39, 0.29) is 17.9 Å². The molecule has 3 heteroatoms. The lowest BCUT2D eigenvalue weighted by atomic mass is 9.94. The van der Waals surface area contributed by atoms with Crippen LogP contribution in [0.1, 0.15) is 38.5 Å². The van der Waals surface area contributed by atoms with E-state index in [1.54, 1.807) is 0 Å². The van der Waals surface area contributed by atoms with Gasteiger partial charge in [-0.2, -0.15) is 0 Å². The number of hydrogen-bond donors (Lipinski definition) is 0. The summed E-state index contributed by atoms with van der Waals surface area (Å²) < 4.78 is 0. The molecule has 76 valence electrons. The Labute approximate surface area is 84.3 Å². The molecule has 2 rings (SSSR count). The van der Waals surface area contributed by atoms with Crippen LogP contribution in [0.2, 0.25) is 0 Å². The summed E-state index contributed by atoms with van der Waals surface area (Å²) in [5, 5.41) is 0. The molecular formula is C11H16N2O. The van der Waals surface area contributed by atoms with Gasteiger partial charge in [-0.1, -0.05) is 0 Å². The van der Waals surface area contributed by atoms with Crippen LogP contribution in [0.5, 0.6) is 0 Å². The van der Waals surface area contributed by atoms with Crippen LogP contribution < -0.4 is 0 Å². The van der Waals surface area contributed by atoms with E-state index < -0.39 is 0 Å². The van der Waals surface area contributed by atoms with Crippen LogP contribution >= 0.6 is 0 Å². The Balaban J connectivity index is 1.99. The quantitative estimate of drug-likeness (QED) is 0.657. The van der Waals surface area contributed by atoms with Gasteiger partial charge in [0.05, 0.1) is 0 Å². The number of carbonyl (C=O) groups excluding carboxylic acids is 1. The van der Waals surface area contributed by atoms with E-state index >= 15 is 0 Å². The fraction of sp³-hybridized carbons (Fsp3) is 0.727. The van der Waals surface area contributed by atoms with E-state index in [2.05, 4.69) is 9.98 Å². The number of hydrogen-bond acceptors (Lipinski definition) is 3. The van der Waals surface area contributed by atoms with Crippen molar-refractivity contribution >= 4 is 18.2 Å². The zero-order valence-electron chi connectivity index (χ0n) is 8.35. The standard InChI is InChI=1S/C11H16N2O/c14-11(9-5-1-3-7-12-9)10-6-2-4-8-13-10/h7-10H,1-6H2. The summed E-state index contributed by atoms with van der Waals surface area (Å²) in [6.45, 7) is 0. The number of nitrogens with zero attached hydrogens (tertiary/aromatic N) is 2. The highest BCUT2D eigenvalue weighted by molar-refractivity contribution is 5.91. The molecule has 0 fully saturated rings. The number of rotatable bonds is 2. The van der Waals surface area contributed by atoms with Crippen LogP contribution in [-0.4, -0.2) is 30.3 Å². The topological polar surface area (TPSA) is 41.8 Å². The van der Waals surface area contributed by atoms with Gasteiger partial charge >= 0.3 is 0 Å². The van der Waals surface area contributed by atoms with Gasteiger partial charge in [0.15, 0.2) is 5.78 Å². The number of aliphatic imine (C=N–C) groups is 2. The molecule has 0 N–H and O–H groups in total. The van der Waals surface area contributed by atoms with Crippen LogP contribution in [0.25, 0.3) is 0 Å². The van der Waals surface area contributed by atoms with Gasteiger partial charge in [0.2, 0.25) is 0 Å². The Morgan fingerprint density at radius 1 is 1.00 bits per heavy atom. The van der Waals surface area contributed by atoms with E-state index in [4.69, 9.17) is 0 Å². The molecule has 0 saturated carbocycles. The van der Waals surface area contributed by atoms with E-state index in [0.29, 0.717) is 0 Å². The maximum atomic E-state index is 11.9. The lowest BCUT2D eigenvalue weighted by Crippen LogP contribution is -2.32. The molecule has 0 spiro atoms. The summed E-state index contributed by atoms with van der Waals surface area (Å²) in [6, 6.07) is -0.187. The van der Waals surface area contributed by atoms with Gasteiger partial charge in [-0.3, -0.25) is 14.8 Å². The van der Waals surface area contributed by atoms with Gasteiger partial charge in [-0.05, 0) is 51.0 Å². The van der Waals surface area contributed by atoms with Crippen molar-refractivity contribution in [1.82, 2.24) is 0 Å². The smallest absolute Gasteiger partial charge is 0.181 e. The van der Waals surface area contributed by atoms with Gasteiger partial charge < -0.3 is 0 Å². The van der Waals surface area contributed by atoms with Crippen molar-refractivity contribution in [3.8, 4) is 0 Å². The zero-order valence-corrected chi connectivity index (χ0v) is 8.35. The third kappa shape index (κ3) is 2.08. The lowest BCUT2D eigenvalue weighted by Gasteiger charge is -2.20. The Morgan fingerprint density at radius 2 is 1.50 bits per heavy atom. The molecule has 0 aromatic rings. The second-order valence-corrected chi connectivity index (χ2v) is 3.96. The summed E-state index contributed by atoms with van der Waals surface area (Å²) >= 11 is 0. The third-order valence-electron chi connectivity index (χ3n) is 2.85. The Kier molecular flexibility index (Phi) is 3.07. The van der Waals surface area contributed by atoms with Crippen molar-refractivity contribution in [3.05, 3.63) is 0 Å². The fourth-order valence-electron chi connectivity index (χ4n) is 2.01. The predicted octanol–water partition coefficient (Wildman–Crippen LogP) is 1.80. The Hall–Kier alpha value is -0.990. The molecule has 0 aromatic carbocycles. The van der Waals surface area contributed by atoms with Gasteiger partial charge in [-0.25, -0.2) is 0 Å². The number of ketones is 1. The maximum Gasteiger partial charge on any atom is 0.181 e. The van der Waals surface area contributed by atoms with Gasteiger partial charge in [0.25, 0.3) is 0 Å². The molecule has 2 heterocycles. The first-order chi connectivity index (χ1) is 6.88. The molecule has 0 aliphatic carbocycles. The Morgan fingerprint density at radius 3 is 1.86 bits per heavy atom. The van der Waals surface area contributed by atoms with Crippen molar-refractivity contribution in [2.45, 2.75) is 50.6 Å². The Bertz CT molecular complexity index is 244. The highest BCUT2D eigenvalue weighted by atomic mass is 16.1.